The van der Waals surface area contributed by atoms with E-state index in [9.17, 15) is 13.2 Å². The molecule has 0 fully saturated rings. The largest absolute Gasteiger partial charge is 0.385 e. The molecule has 0 aromatic carbocycles. The van der Waals surface area contributed by atoms with Crippen LogP contribution in [0.1, 0.15) is 27.7 Å². The summed E-state index contributed by atoms with van der Waals surface area (Å²) in [7, 11) is 2.07. The van der Waals surface area contributed by atoms with Crippen LogP contribution in [0.3, 0.4) is 0 Å². The molecule has 1 amide bonds. The van der Waals surface area contributed by atoms with Crippen LogP contribution < -0.4 is 21.3 Å². The van der Waals surface area contributed by atoms with Crippen LogP contribution in [0.15, 0.2) is 36.7 Å². The Morgan fingerprint density at radius 3 is 2.21 bits per heavy atom. The van der Waals surface area contributed by atoms with Crippen LogP contribution in [0.4, 0.5) is 0 Å². The lowest BCUT2D eigenvalue weighted by Crippen LogP contribution is -2.60. The summed E-state index contributed by atoms with van der Waals surface area (Å²) in [4.78, 5) is 14.6. The lowest BCUT2D eigenvalue weighted by Gasteiger charge is -2.38. The minimum atomic E-state index is -2.65. The van der Waals surface area contributed by atoms with Gasteiger partial charge in [0.25, 0.3) is 0 Å². The molecule has 0 aliphatic heterocycles. The van der Waals surface area contributed by atoms with Gasteiger partial charge in [-0.25, -0.2) is 13.3 Å². The van der Waals surface area contributed by atoms with Gasteiger partial charge in [0.05, 0.1) is 17.9 Å². The SMILES string of the molecule is C=C/C(=C/C(NC(=C)[C@H](C)OC)N(CC[SH](=O)=O)C(NC(=O)[C@@H](NC)C(C)C)OC)NCC. The highest BCUT2D eigenvalue weighted by Gasteiger charge is 2.30. The van der Waals surface area contributed by atoms with Gasteiger partial charge in [-0.2, -0.15) is 0 Å². The summed E-state index contributed by atoms with van der Waals surface area (Å²) in [5.74, 6) is -0.360. The van der Waals surface area contributed by atoms with Gasteiger partial charge in [0, 0.05) is 38.7 Å². The highest BCUT2D eigenvalue weighted by atomic mass is 32.2. The van der Waals surface area contributed by atoms with Crippen LogP contribution in [0.25, 0.3) is 0 Å². The van der Waals surface area contributed by atoms with Crippen molar-refractivity contribution in [2.24, 2.45) is 5.92 Å². The average molecular weight is 490 g/mol. The van der Waals surface area contributed by atoms with Gasteiger partial charge in [0.1, 0.15) is 16.9 Å². The van der Waals surface area contributed by atoms with Gasteiger partial charge < -0.3 is 30.7 Å². The zero-order chi connectivity index (χ0) is 25.6. The third kappa shape index (κ3) is 11.2. The van der Waals surface area contributed by atoms with E-state index in [2.05, 4.69) is 34.4 Å². The second kappa shape index (κ2) is 16.7. The topological polar surface area (TPSA) is 121 Å². The quantitative estimate of drug-likeness (QED) is 0.105. The maximum absolute atomic E-state index is 12.9. The van der Waals surface area contributed by atoms with E-state index in [0.717, 1.165) is 5.70 Å². The Morgan fingerprint density at radius 1 is 1.15 bits per heavy atom. The number of likely N-dealkylation sites (N-methyl/N-ethyl adjacent to an activating group) is 2. The first kappa shape index (κ1) is 31.1. The van der Waals surface area contributed by atoms with E-state index >= 15 is 0 Å². The van der Waals surface area contributed by atoms with Crippen LogP contribution in [0.5, 0.6) is 0 Å². The second-order valence-corrected chi connectivity index (χ2v) is 8.86. The van der Waals surface area contributed by atoms with E-state index in [0.29, 0.717) is 12.2 Å². The molecule has 4 atom stereocenters. The summed E-state index contributed by atoms with van der Waals surface area (Å²) < 4.78 is 33.8. The molecule has 0 heterocycles. The van der Waals surface area contributed by atoms with Crippen molar-refractivity contribution in [1.29, 1.82) is 0 Å². The number of carbonyl (C=O) groups excluding carboxylic acids is 1. The average Bonchev–Trinajstić information content (AvgIpc) is 2.76. The van der Waals surface area contributed by atoms with E-state index in [4.69, 9.17) is 9.47 Å². The molecular weight excluding hydrogens is 446 g/mol. The lowest BCUT2D eigenvalue weighted by molar-refractivity contribution is -0.136. The smallest absolute Gasteiger partial charge is 0.240 e. The molecule has 0 aliphatic rings. The molecule has 192 valence electrons. The number of allylic oxidation sites excluding steroid dienone is 1. The van der Waals surface area contributed by atoms with Crippen molar-refractivity contribution >= 4 is 16.6 Å². The zero-order valence-corrected chi connectivity index (χ0v) is 21.9. The van der Waals surface area contributed by atoms with Gasteiger partial charge in [-0.3, -0.25) is 4.79 Å². The van der Waals surface area contributed by atoms with Crippen LogP contribution in [0.2, 0.25) is 0 Å². The number of hydrogen-bond donors (Lipinski definition) is 5. The van der Waals surface area contributed by atoms with Crippen LogP contribution in [-0.4, -0.2) is 84.0 Å². The molecule has 0 saturated heterocycles. The van der Waals surface area contributed by atoms with Crippen molar-refractivity contribution in [2.45, 2.75) is 52.4 Å². The molecule has 0 radical (unpaired) electrons. The molecule has 10 nitrogen and oxygen atoms in total. The summed E-state index contributed by atoms with van der Waals surface area (Å²) in [6, 6.07) is -0.448. The number of nitrogens with zero attached hydrogens (tertiary/aromatic N) is 1. The molecule has 0 saturated carbocycles. The molecule has 0 rings (SSSR count). The second-order valence-electron chi connectivity index (χ2n) is 7.75. The molecule has 2 unspecified atom stereocenters. The summed E-state index contributed by atoms with van der Waals surface area (Å²) in [5, 5.41) is 12.3. The fourth-order valence-corrected chi connectivity index (χ4v) is 3.49. The number of amides is 1. The maximum atomic E-state index is 12.9. The number of thiol groups is 1. The minimum absolute atomic E-state index is 0.0364. The Hall–Kier alpha value is -1.92. The predicted octanol–water partition coefficient (Wildman–Crippen LogP) is 0.334. The number of methoxy groups -OCH3 is 2. The van der Waals surface area contributed by atoms with Gasteiger partial charge in [-0.1, -0.05) is 27.0 Å². The van der Waals surface area contributed by atoms with Gasteiger partial charge in [0.2, 0.25) is 5.91 Å². The highest BCUT2D eigenvalue weighted by Crippen LogP contribution is 2.12. The molecule has 0 aromatic heterocycles. The number of nitrogens with one attached hydrogen (secondary N) is 4. The first-order valence-electron chi connectivity index (χ1n) is 11.0. The number of carbonyl (C=O) groups is 1. The predicted molar refractivity (Wildman–Crippen MR) is 133 cm³/mol. The standard InChI is InChI=1S/C22H43N5O5S/c1-10-18(24-11-2)14-19(25-16(5)17(6)31-8)27(12-13-33(29)30)22(32-9)26-21(28)20(23-7)15(3)4/h10,14-15,17,19-20,22-25,33H,1,5,11-13H2,2-4,6-9H3,(H,26,28)/b18-14-/t17-,19?,20-,22?/m0/s1. The maximum Gasteiger partial charge on any atom is 0.240 e. The van der Waals surface area contributed by atoms with Crippen LogP contribution in [0, 0.1) is 5.92 Å². The molecule has 0 spiro atoms. The monoisotopic (exact) mass is 489 g/mol. The van der Waals surface area contributed by atoms with E-state index in [1.165, 1.54) is 7.11 Å². The Balaban J connectivity index is 6.26. The van der Waals surface area contributed by atoms with Crippen molar-refractivity contribution < 1.29 is 22.7 Å². The van der Waals surface area contributed by atoms with Crippen LogP contribution in [-0.2, 0) is 25.0 Å². The van der Waals surface area contributed by atoms with E-state index in [-0.39, 0.29) is 30.2 Å². The Labute approximate surface area is 200 Å². The molecule has 11 heteroatoms. The van der Waals surface area contributed by atoms with Gasteiger partial charge in [0.15, 0.2) is 6.35 Å². The molecule has 0 bridgehead atoms. The molecule has 33 heavy (non-hydrogen) atoms. The Kier molecular flexibility index (Phi) is 15.7. The van der Waals surface area contributed by atoms with Gasteiger partial charge >= 0.3 is 0 Å². The third-order valence-corrected chi connectivity index (χ3v) is 5.63. The Morgan fingerprint density at radius 2 is 1.79 bits per heavy atom. The number of hydrogen-bond acceptors (Lipinski definition) is 9. The minimum Gasteiger partial charge on any atom is -0.385 e. The molecule has 0 aromatic rings. The molecule has 0 aliphatic carbocycles. The lowest BCUT2D eigenvalue weighted by atomic mass is 10.0. The van der Waals surface area contributed by atoms with E-state index < -0.39 is 29.3 Å². The highest BCUT2D eigenvalue weighted by molar-refractivity contribution is 7.72. The van der Waals surface area contributed by atoms with Crippen molar-refractivity contribution in [3.8, 4) is 0 Å². The van der Waals surface area contributed by atoms with Gasteiger partial charge in [-0.15, -0.1) is 0 Å². The normalized spacial score (nSPS) is 15.8. The van der Waals surface area contributed by atoms with Crippen molar-refractivity contribution in [1.82, 2.24) is 26.2 Å². The van der Waals surface area contributed by atoms with Crippen LogP contribution >= 0.6 is 0 Å². The van der Waals surface area contributed by atoms with E-state index in [1.54, 1.807) is 25.1 Å². The summed E-state index contributed by atoms with van der Waals surface area (Å²) in [5.41, 5.74) is 1.30. The fourth-order valence-electron chi connectivity index (χ4n) is 3.10. The summed E-state index contributed by atoms with van der Waals surface area (Å²) in [6.07, 6.45) is 1.65. The molecule has 4 N–H and O–H groups in total. The van der Waals surface area contributed by atoms with Gasteiger partial charge in [-0.05, 0) is 39.0 Å². The zero-order valence-electron chi connectivity index (χ0n) is 21.0. The fraction of sp³-hybridized carbons (Fsp3) is 0.682. The number of rotatable bonds is 18. The Bertz CT molecular complexity index is 718. The van der Waals surface area contributed by atoms with E-state index in [1.807, 2.05) is 33.8 Å². The van der Waals surface area contributed by atoms with Crippen molar-refractivity contribution in [3.05, 3.63) is 36.7 Å². The first-order valence-corrected chi connectivity index (χ1v) is 12.4. The summed E-state index contributed by atoms with van der Waals surface area (Å²) >= 11 is 0. The van der Waals surface area contributed by atoms with Crippen molar-refractivity contribution in [2.75, 3.05) is 40.1 Å². The van der Waals surface area contributed by atoms with Crippen molar-refractivity contribution in [3.63, 3.8) is 0 Å². The molecular formula is C22H43N5O5S. The number of ether oxygens (including phenoxy) is 2. The first-order chi connectivity index (χ1) is 15.6. The summed E-state index contributed by atoms with van der Waals surface area (Å²) in [6.45, 7) is 16.3. The third-order valence-electron chi connectivity index (χ3n) is 5.06.